The molecule has 0 aromatic carbocycles. The van der Waals surface area contributed by atoms with Crippen LogP contribution < -0.4 is 0 Å². The second-order valence-corrected chi connectivity index (χ2v) is 4.25. The Bertz CT molecular complexity index is 237. The first-order valence-corrected chi connectivity index (χ1v) is 5.03. The van der Waals surface area contributed by atoms with E-state index in [1.807, 2.05) is 0 Å². The highest BCUT2D eigenvalue weighted by atomic mass is 16.3. The van der Waals surface area contributed by atoms with E-state index >= 15 is 0 Å². The number of azide groups is 1. The van der Waals surface area contributed by atoms with Crippen LogP contribution in [0, 0.1) is 11.8 Å². The Labute approximate surface area is 77.6 Å². The van der Waals surface area contributed by atoms with E-state index in [0.717, 1.165) is 37.5 Å². The van der Waals surface area contributed by atoms with Gasteiger partial charge in [0.25, 0.3) is 0 Å². The number of nitrogens with zero attached hydrogens (tertiary/aromatic N) is 3. The third-order valence-electron chi connectivity index (χ3n) is 3.38. The smallest absolute Gasteiger partial charge is 0.0633 e. The maximum atomic E-state index is 9.68. The molecule has 2 saturated carbocycles. The van der Waals surface area contributed by atoms with Crippen LogP contribution in [0.5, 0.6) is 0 Å². The summed E-state index contributed by atoms with van der Waals surface area (Å²) in [6.45, 7) is 0. The molecule has 0 spiro atoms. The maximum Gasteiger partial charge on any atom is 0.0633 e. The third-order valence-corrected chi connectivity index (χ3v) is 3.38. The molecule has 4 nitrogen and oxygen atoms in total. The molecule has 1 N–H and O–H groups in total. The lowest BCUT2D eigenvalue weighted by Gasteiger charge is -2.20. The van der Waals surface area contributed by atoms with Gasteiger partial charge in [0.05, 0.1) is 12.1 Å². The van der Waals surface area contributed by atoms with Crippen molar-refractivity contribution in [2.75, 3.05) is 0 Å². The minimum absolute atomic E-state index is 0.174. The summed E-state index contributed by atoms with van der Waals surface area (Å²) >= 11 is 0. The summed E-state index contributed by atoms with van der Waals surface area (Å²) in [6, 6.07) is -0.174. The lowest BCUT2D eigenvalue weighted by molar-refractivity contribution is 0.119. The average Bonchev–Trinajstić information content (AvgIpc) is 2.84. The van der Waals surface area contributed by atoms with Gasteiger partial charge < -0.3 is 5.11 Å². The molecule has 72 valence electrons. The second kappa shape index (κ2) is 3.56. The van der Waals surface area contributed by atoms with Crippen molar-refractivity contribution >= 4 is 0 Å². The first kappa shape index (κ1) is 8.85. The number of rotatable bonds is 1. The fraction of sp³-hybridized carbons (Fsp3) is 1.00. The fourth-order valence-corrected chi connectivity index (χ4v) is 2.37. The van der Waals surface area contributed by atoms with Crippen LogP contribution >= 0.6 is 0 Å². The van der Waals surface area contributed by atoms with Crippen LogP contribution in [0.15, 0.2) is 5.11 Å². The summed E-state index contributed by atoms with van der Waals surface area (Å²) in [5.41, 5.74) is 8.32. The number of aliphatic hydroxyl groups is 1. The van der Waals surface area contributed by atoms with E-state index in [4.69, 9.17) is 5.53 Å². The van der Waals surface area contributed by atoms with Crippen LogP contribution in [0.4, 0.5) is 0 Å². The molecule has 0 aliphatic heterocycles. The van der Waals surface area contributed by atoms with Crippen molar-refractivity contribution in [3.05, 3.63) is 10.4 Å². The van der Waals surface area contributed by atoms with Gasteiger partial charge in [0.2, 0.25) is 0 Å². The summed E-state index contributed by atoms with van der Waals surface area (Å²) in [6.07, 6.45) is 4.85. The molecule has 0 bridgehead atoms. The molecule has 0 heterocycles. The maximum absolute atomic E-state index is 9.68. The Morgan fingerprint density at radius 3 is 2.54 bits per heavy atom. The highest BCUT2D eigenvalue weighted by Gasteiger charge is 2.39. The van der Waals surface area contributed by atoms with Crippen molar-refractivity contribution in [2.45, 2.75) is 44.2 Å². The van der Waals surface area contributed by atoms with Gasteiger partial charge >= 0.3 is 0 Å². The van der Waals surface area contributed by atoms with E-state index in [-0.39, 0.29) is 6.04 Å². The molecule has 2 fully saturated rings. The minimum atomic E-state index is -0.405. The molecule has 0 aromatic rings. The second-order valence-electron chi connectivity index (χ2n) is 4.25. The number of aliphatic hydroxyl groups excluding tert-OH is 1. The zero-order chi connectivity index (χ0) is 9.26. The first-order valence-electron chi connectivity index (χ1n) is 5.03. The Kier molecular flexibility index (Phi) is 2.42. The fourth-order valence-electron chi connectivity index (χ4n) is 2.37. The van der Waals surface area contributed by atoms with Crippen molar-refractivity contribution in [3.8, 4) is 0 Å². The average molecular weight is 181 g/mol. The summed E-state index contributed by atoms with van der Waals surface area (Å²) < 4.78 is 0. The lowest BCUT2D eigenvalue weighted by Crippen LogP contribution is -2.25. The van der Waals surface area contributed by atoms with E-state index < -0.39 is 6.10 Å². The Morgan fingerprint density at radius 1 is 1.15 bits per heavy atom. The largest absolute Gasteiger partial charge is 0.393 e. The molecule has 2 rings (SSSR count). The molecule has 0 amide bonds. The predicted octanol–water partition coefficient (Wildman–Crippen LogP) is 2.24. The number of hydrogen-bond donors (Lipinski definition) is 1. The molecule has 2 aliphatic rings. The summed E-state index contributed by atoms with van der Waals surface area (Å²) in [5.74, 6) is 1.73. The first-order chi connectivity index (χ1) is 6.31. The zero-order valence-corrected chi connectivity index (χ0v) is 7.63. The minimum Gasteiger partial charge on any atom is -0.393 e. The molecular weight excluding hydrogens is 166 g/mol. The van der Waals surface area contributed by atoms with E-state index in [0.29, 0.717) is 0 Å². The topological polar surface area (TPSA) is 69.0 Å². The normalized spacial score (nSPS) is 43.8. The van der Waals surface area contributed by atoms with Crippen molar-refractivity contribution in [2.24, 2.45) is 17.0 Å². The number of fused-ring (bicyclic) bond motifs is 1. The van der Waals surface area contributed by atoms with Crippen LogP contribution in [0.2, 0.25) is 0 Å². The van der Waals surface area contributed by atoms with Crippen molar-refractivity contribution in [3.63, 3.8) is 0 Å². The van der Waals surface area contributed by atoms with Gasteiger partial charge in [0.1, 0.15) is 0 Å². The van der Waals surface area contributed by atoms with Gasteiger partial charge in [-0.3, -0.25) is 0 Å². The van der Waals surface area contributed by atoms with Gasteiger partial charge in [-0.05, 0) is 49.5 Å². The van der Waals surface area contributed by atoms with Gasteiger partial charge in [0.15, 0.2) is 0 Å². The van der Waals surface area contributed by atoms with E-state index in [2.05, 4.69) is 10.0 Å². The summed E-state index contributed by atoms with van der Waals surface area (Å²) in [4.78, 5) is 2.79. The highest BCUT2D eigenvalue weighted by molar-refractivity contribution is 4.92. The highest BCUT2D eigenvalue weighted by Crippen LogP contribution is 2.47. The van der Waals surface area contributed by atoms with Crippen molar-refractivity contribution < 1.29 is 5.11 Å². The van der Waals surface area contributed by atoms with Crippen LogP contribution in [-0.2, 0) is 0 Å². The molecule has 4 atom stereocenters. The van der Waals surface area contributed by atoms with E-state index in [1.165, 1.54) is 6.42 Å². The van der Waals surface area contributed by atoms with Gasteiger partial charge in [-0.2, -0.15) is 0 Å². The standard InChI is InChI=1S/C9H15N3O/c10-12-11-8-3-1-6-5-7(6)2-4-9(8)13/h6-9,13H,1-5H2. The van der Waals surface area contributed by atoms with Crippen LogP contribution in [0.1, 0.15) is 32.1 Å². The molecule has 2 aliphatic carbocycles. The van der Waals surface area contributed by atoms with Gasteiger partial charge in [-0.1, -0.05) is 5.11 Å². The molecule has 13 heavy (non-hydrogen) atoms. The Morgan fingerprint density at radius 2 is 1.85 bits per heavy atom. The lowest BCUT2D eigenvalue weighted by atomic mass is 9.95. The molecule has 0 saturated heterocycles. The quantitative estimate of drug-likeness (QED) is 0.376. The van der Waals surface area contributed by atoms with Crippen molar-refractivity contribution in [1.82, 2.24) is 0 Å². The molecular formula is C9H15N3O. The van der Waals surface area contributed by atoms with Gasteiger partial charge in [0, 0.05) is 4.91 Å². The van der Waals surface area contributed by atoms with Crippen LogP contribution in [0.3, 0.4) is 0 Å². The summed E-state index contributed by atoms with van der Waals surface area (Å²) in [7, 11) is 0. The van der Waals surface area contributed by atoms with E-state index in [1.54, 1.807) is 0 Å². The monoisotopic (exact) mass is 181 g/mol. The molecule has 0 aromatic heterocycles. The number of hydrogen-bond acceptors (Lipinski definition) is 2. The molecule has 4 unspecified atom stereocenters. The summed E-state index contributed by atoms with van der Waals surface area (Å²) in [5, 5.41) is 13.3. The Balaban J connectivity index is 1.96. The van der Waals surface area contributed by atoms with Crippen LogP contribution in [0.25, 0.3) is 10.4 Å². The Hall–Kier alpha value is -0.730. The molecule has 0 radical (unpaired) electrons. The zero-order valence-electron chi connectivity index (χ0n) is 7.63. The van der Waals surface area contributed by atoms with Gasteiger partial charge in [-0.25, -0.2) is 0 Å². The molecule has 4 heteroatoms. The van der Waals surface area contributed by atoms with Crippen LogP contribution in [-0.4, -0.2) is 17.3 Å². The SMILES string of the molecule is [N-]=[N+]=NC1CCC2CC2CCC1O. The van der Waals surface area contributed by atoms with E-state index in [9.17, 15) is 5.11 Å². The van der Waals surface area contributed by atoms with Crippen molar-refractivity contribution in [1.29, 1.82) is 0 Å². The third kappa shape index (κ3) is 1.95. The predicted molar refractivity (Wildman–Crippen MR) is 49.0 cm³/mol. The van der Waals surface area contributed by atoms with Gasteiger partial charge in [-0.15, -0.1) is 0 Å².